The molecule has 0 radical (unpaired) electrons. The molecule has 0 aliphatic carbocycles. The summed E-state index contributed by atoms with van der Waals surface area (Å²) in [6.07, 6.45) is 1.65. The van der Waals surface area contributed by atoms with Crippen molar-refractivity contribution in [1.82, 2.24) is 9.80 Å². The number of anilines is 3. The molecule has 4 N–H and O–H groups in total. The molecule has 0 bridgehead atoms. The summed E-state index contributed by atoms with van der Waals surface area (Å²) >= 11 is 0. The lowest BCUT2D eigenvalue weighted by Crippen LogP contribution is -2.48. The number of carbonyl (C=O) groups excluding carboxylic acids is 3. The zero-order chi connectivity index (χ0) is 34.6. The number of para-hydroxylation sites is 1. The first-order valence-electron chi connectivity index (χ1n) is 16.3. The van der Waals surface area contributed by atoms with E-state index in [1.54, 1.807) is 49.2 Å². The zero-order valence-electron chi connectivity index (χ0n) is 27.9. The molecule has 0 unspecified atom stereocenters. The normalized spacial score (nSPS) is 19.6. The molecule has 258 valence electrons. The van der Waals surface area contributed by atoms with Crippen molar-refractivity contribution in [2.45, 2.75) is 58.3 Å². The van der Waals surface area contributed by atoms with Crippen LogP contribution < -0.4 is 20.7 Å². The topological polar surface area (TPSA) is 132 Å². The lowest BCUT2D eigenvalue weighted by molar-refractivity contribution is -0.0115. The fourth-order valence-corrected chi connectivity index (χ4v) is 5.38. The number of rotatable bonds is 7. The highest BCUT2D eigenvalue weighted by molar-refractivity contribution is 6.02. The molecule has 1 heterocycles. The van der Waals surface area contributed by atoms with Gasteiger partial charge in [0.25, 0.3) is 5.91 Å². The quantitative estimate of drug-likeness (QED) is 0.230. The van der Waals surface area contributed by atoms with E-state index >= 15 is 0 Å². The van der Waals surface area contributed by atoms with Crippen LogP contribution in [0.5, 0.6) is 5.75 Å². The molecule has 0 fully saturated rings. The van der Waals surface area contributed by atoms with E-state index < -0.39 is 24.0 Å². The third-order valence-corrected chi connectivity index (χ3v) is 8.24. The second-order valence-corrected chi connectivity index (χ2v) is 12.3. The minimum Gasteiger partial charge on any atom is -0.490 e. The molecule has 3 aromatic rings. The van der Waals surface area contributed by atoms with Gasteiger partial charge in [-0.1, -0.05) is 25.1 Å². The molecule has 11 nitrogen and oxygen atoms in total. The highest BCUT2D eigenvalue weighted by Gasteiger charge is 2.31. The summed E-state index contributed by atoms with van der Waals surface area (Å²) in [4.78, 5) is 43.2. The molecule has 48 heavy (non-hydrogen) atoms. The first kappa shape index (κ1) is 36.2. The van der Waals surface area contributed by atoms with Gasteiger partial charge < -0.3 is 40.3 Å². The van der Waals surface area contributed by atoms with Gasteiger partial charge in [0.15, 0.2) is 0 Å². The van der Waals surface area contributed by atoms with Gasteiger partial charge in [-0.05, 0) is 87.7 Å². The number of nitrogens with one attached hydrogen (secondary N) is 3. The van der Waals surface area contributed by atoms with Crippen LogP contribution in [0.3, 0.4) is 0 Å². The minimum absolute atomic E-state index is 0.208. The van der Waals surface area contributed by atoms with Crippen LogP contribution in [-0.4, -0.2) is 84.5 Å². The maximum Gasteiger partial charge on any atom is 0.323 e. The molecular weight excluding hydrogens is 617 g/mol. The van der Waals surface area contributed by atoms with Crippen LogP contribution in [-0.2, 0) is 4.74 Å². The molecule has 5 amide bonds. The van der Waals surface area contributed by atoms with Crippen LogP contribution in [0, 0.1) is 11.7 Å². The van der Waals surface area contributed by atoms with Gasteiger partial charge in [0, 0.05) is 49.7 Å². The van der Waals surface area contributed by atoms with Gasteiger partial charge in [0.2, 0.25) is 0 Å². The van der Waals surface area contributed by atoms with E-state index in [9.17, 15) is 23.9 Å². The van der Waals surface area contributed by atoms with E-state index in [4.69, 9.17) is 9.47 Å². The van der Waals surface area contributed by atoms with E-state index in [0.29, 0.717) is 35.8 Å². The van der Waals surface area contributed by atoms with Crippen molar-refractivity contribution in [3.8, 4) is 5.75 Å². The van der Waals surface area contributed by atoms with Crippen molar-refractivity contribution >= 4 is 35.0 Å². The molecule has 3 aromatic carbocycles. The van der Waals surface area contributed by atoms with Crippen LogP contribution >= 0.6 is 0 Å². The Labute approximate surface area is 281 Å². The Morgan fingerprint density at radius 2 is 1.65 bits per heavy atom. The average molecular weight is 664 g/mol. The van der Waals surface area contributed by atoms with Crippen LogP contribution in [0.4, 0.5) is 31.0 Å². The number of hydrogen-bond donors (Lipinski definition) is 4. The van der Waals surface area contributed by atoms with Crippen LogP contribution in [0.1, 0.15) is 50.4 Å². The number of amides is 5. The monoisotopic (exact) mass is 663 g/mol. The summed E-state index contributed by atoms with van der Waals surface area (Å²) in [7, 11) is 1.65. The van der Waals surface area contributed by atoms with Gasteiger partial charge in [0.05, 0.1) is 30.4 Å². The van der Waals surface area contributed by atoms with E-state index in [1.807, 2.05) is 32.0 Å². The number of halogens is 1. The Balaban J connectivity index is 1.57. The van der Waals surface area contributed by atoms with Gasteiger partial charge in [-0.25, -0.2) is 14.0 Å². The Morgan fingerprint density at radius 3 is 2.35 bits per heavy atom. The molecule has 0 aromatic heterocycles. The number of nitrogens with zero attached hydrogens (tertiary/aromatic N) is 2. The van der Waals surface area contributed by atoms with Gasteiger partial charge >= 0.3 is 12.1 Å². The molecule has 12 heteroatoms. The second-order valence-electron chi connectivity index (χ2n) is 12.3. The summed E-state index contributed by atoms with van der Waals surface area (Å²) < 4.78 is 25.9. The highest BCUT2D eigenvalue weighted by Crippen LogP contribution is 2.29. The van der Waals surface area contributed by atoms with Gasteiger partial charge in [-0.2, -0.15) is 0 Å². The van der Waals surface area contributed by atoms with Gasteiger partial charge in [-0.15, -0.1) is 0 Å². The lowest BCUT2D eigenvalue weighted by atomic mass is 10.0. The van der Waals surface area contributed by atoms with Crippen LogP contribution in [0.2, 0.25) is 0 Å². The number of ether oxygens (including phenoxy) is 2. The second kappa shape index (κ2) is 17.5. The van der Waals surface area contributed by atoms with E-state index in [0.717, 1.165) is 12.8 Å². The maximum atomic E-state index is 14.3. The summed E-state index contributed by atoms with van der Waals surface area (Å²) in [6, 6.07) is 18.1. The first-order chi connectivity index (χ1) is 23.0. The van der Waals surface area contributed by atoms with Crippen molar-refractivity contribution in [2.75, 3.05) is 49.3 Å². The third-order valence-electron chi connectivity index (χ3n) is 8.24. The minimum atomic E-state index is -0.559. The molecule has 0 spiro atoms. The standard InChI is InChI=1S/C36H46FN5O6/c1-24-21-42(25(2)23-43)34(44)31-20-30(39-35(45)38-28-11-6-5-7-12-28)17-18-32(31)48-26(3)10-8-9-19-47-33(24)22-41(4)36(46)40-29-15-13-27(37)14-16-29/h5-7,11-18,20,24-26,33,43H,8-10,19,21-23H2,1-4H3,(H,40,46)(H2,38,39,45)/t24-,25-,26-,33+/m1/s1. The summed E-state index contributed by atoms with van der Waals surface area (Å²) in [5.74, 6) is -0.653. The Hall–Kier alpha value is -4.68. The van der Waals surface area contributed by atoms with Crippen molar-refractivity contribution in [3.05, 3.63) is 84.2 Å². The molecular formula is C36H46FN5O6. The molecule has 0 saturated heterocycles. The Kier molecular flexibility index (Phi) is 13.2. The molecule has 4 rings (SSSR count). The molecule has 4 atom stereocenters. The molecule has 1 aliphatic heterocycles. The predicted molar refractivity (Wildman–Crippen MR) is 184 cm³/mol. The number of aliphatic hydroxyl groups is 1. The smallest absolute Gasteiger partial charge is 0.323 e. The van der Waals surface area contributed by atoms with Crippen LogP contribution in [0.15, 0.2) is 72.8 Å². The Morgan fingerprint density at radius 1 is 0.979 bits per heavy atom. The van der Waals surface area contributed by atoms with E-state index in [2.05, 4.69) is 16.0 Å². The number of benzene rings is 3. The van der Waals surface area contributed by atoms with Gasteiger partial charge in [0.1, 0.15) is 11.6 Å². The van der Waals surface area contributed by atoms with Crippen LogP contribution in [0.25, 0.3) is 0 Å². The Bertz CT molecular complexity index is 1510. The number of likely N-dealkylation sites (N-methyl/N-ethyl adjacent to an activating group) is 1. The lowest BCUT2D eigenvalue weighted by Gasteiger charge is -2.35. The van der Waals surface area contributed by atoms with Crippen molar-refractivity contribution in [2.24, 2.45) is 5.92 Å². The third kappa shape index (κ3) is 10.4. The SMILES string of the molecule is C[C@@H]1CCCCO[C@@H](CN(C)C(=O)Nc2ccc(F)cc2)[C@H](C)CN([C@H](C)CO)C(=O)c2cc(NC(=O)Nc3ccccc3)ccc2O1. The van der Waals surface area contributed by atoms with E-state index in [-0.39, 0.29) is 49.2 Å². The zero-order valence-corrected chi connectivity index (χ0v) is 27.9. The number of aliphatic hydroxyl groups excluding tert-OH is 1. The largest absolute Gasteiger partial charge is 0.490 e. The first-order valence-corrected chi connectivity index (χ1v) is 16.3. The number of carbonyl (C=O) groups is 3. The summed E-state index contributed by atoms with van der Waals surface area (Å²) in [5.41, 5.74) is 1.72. The fraction of sp³-hybridized carbons (Fsp3) is 0.417. The summed E-state index contributed by atoms with van der Waals surface area (Å²) in [5, 5.41) is 18.5. The number of hydrogen-bond acceptors (Lipinski definition) is 6. The molecule has 1 aliphatic rings. The molecule has 0 saturated carbocycles. The predicted octanol–water partition coefficient (Wildman–Crippen LogP) is 6.43. The van der Waals surface area contributed by atoms with Crippen molar-refractivity contribution < 1.29 is 33.4 Å². The van der Waals surface area contributed by atoms with E-state index in [1.165, 1.54) is 29.2 Å². The van der Waals surface area contributed by atoms with Crippen molar-refractivity contribution in [1.29, 1.82) is 0 Å². The van der Waals surface area contributed by atoms with Crippen molar-refractivity contribution in [3.63, 3.8) is 0 Å². The summed E-state index contributed by atoms with van der Waals surface area (Å²) in [6.45, 7) is 6.24. The highest BCUT2D eigenvalue weighted by atomic mass is 19.1. The van der Waals surface area contributed by atoms with Gasteiger partial charge in [-0.3, -0.25) is 4.79 Å². The number of fused-ring (bicyclic) bond motifs is 1. The number of urea groups is 2. The maximum absolute atomic E-state index is 14.3. The fourth-order valence-electron chi connectivity index (χ4n) is 5.38. The average Bonchev–Trinajstić information content (AvgIpc) is 3.07.